The molecule has 0 saturated carbocycles. The van der Waals surface area contributed by atoms with Gasteiger partial charge in [0.1, 0.15) is 6.07 Å². The number of para-hydroxylation sites is 1. The minimum absolute atomic E-state index is 0.179. The number of nitrogens with zero attached hydrogens (tertiary/aromatic N) is 3. The molecular formula is C20H18N4OS. The monoisotopic (exact) mass is 362 g/mol. The number of pyridine rings is 1. The fourth-order valence-electron chi connectivity index (χ4n) is 2.80. The molecule has 0 aliphatic heterocycles. The zero-order chi connectivity index (χ0) is 18.5. The zero-order valence-electron chi connectivity index (χ0n) is 14.6. The van der Waals surface area contributed by atoms with Crippen LogP contribution in [0.5, 0.6) is 0 Å². The molecule has 0 aliphatic carbocycles. The van der Waals surface area contributed by atoms with Gasteiger partial charge in [0.15, 0.2) is 0 Å². The van der Waals surface area contributed by atoms with Crippen molar-refractivity contribution in [3.05, 3.63) is 75.6 Å². The number of hydrogen-bond donors (Lipinski definition) is 1. The Labute approximate surface area is 156 Å². The van der Waals surface area contributed by atoms with Crippen molar-refractivity contribution in [2.75, 3.05) is 5.32 Å². The summed E-state index contributed by atoms with van der Waals surface area (Å²) < 4.78 is 4.34. The Morgan fingerprint density at radius 3 is 2.85 bits per heavy atom. The molecule has 26 heavy (non-hydrogen) atoms. The number of amides is 1. The van der Waals surface area contributed by atoms with E-state index in [2.05, 4.69) is 27.7 Å². The summed E-state index contributed by atoms with van der Waals surface area (Å²) in [5.41, 5.74) is 4.32. The van der Waals surface area contributed by atoms with E-state index in [0.717, 1.165) is 22.5 Å². The predicted octanol–water partition coefficient (Wildman–Crippen LogP) is 4.12. The van der Waals surface area contributed by atoms with Crippen LogP contribution in [0.2, 0.25) is 0 Å². The van der Waals surface area contributed by atoms with Crippen molar-refractivity contribution in [1.82, 2.24) is 9.36 Å². The summed E-state index contributed by atoms with van der Waals surface area (Å²) in [6, 6.07) is 13.4. The normalized spacial score (nSPS) is 10.3. The summed E-state index contributed by atoms with van der Waals surface area (Å²) in [6.45, 7) is 3.88. The molecule has 0 atom stereocenters. The molecule has 2 heterocycles. The maximum absolute atomic E-state index is 12.9. The Morgan fingerprint density at radius 1 is 1.27 bits per heavy atom. The van der Waals surface area contributed by atoms with Gasteiger partial charge in [0.05, 0.1) is 22.5 Å². The third kappa shape index (κ3) is 3.63. The van der Waals surface area contributed by atoms with Crippen molar-refractivity contribution >= 4 is 23.1 Å². The SMILES string of the molecule is CCc1ccccc1NC(=O)c1c(C)nsc1Cc1ncccc1C#N. The van der Waals surface area contributed by atoms with Gasteiger partial charge < -0.3 is 5.32 Å². The van der Waals surface area contributed by atoms with E-state index in [4.69, 9.17) is 0 Å². The molecular weight excluding hydrogens is 344 g/mol. The summed E-state index contributed by atoms with van der Waals surface area (Å²) in [4.78, 5) is 18.0. The lowest BCUT2D eigenvalue weighted by Gasteiger charge is -2.10. The largest absolute Gasteiger partial charge is 0.322 e. The molecule has 3 rings (SSSR count). The zero-order valence-corrected chi connectivity index (χ0v) is 15.4. The highest BCUT2D eigenvalue weighted by Crippen LogP contribution is 2.25. The van der Waals surface area contributed by atoms with Crippen LogP contribution >= 0.6 is 11.5 Å². The van der Waals surface area contributed by atoms with Crippen LogP contribution < -0.4 is 5.32 Å². The van der Waals surface area contributed by atoms with E-state index in [1.165, 1.54) is 11.5 Å². The molecule has 0 bridgehead atoms. The van der Waals surface area contributed by atoms with Gasteiger partial charge in [0.25, 0.3) is 5.91 Å². The number of aromatic nitrogens is 2. The van der Waals surface area contributed by atoms with E-state index in [1.807, 2.05) is 31.2 Å². The number of hydrogen-bond acceptors (Lipinski definition) is 5. The van der Waals surface area contributed by atoms with E-state index < -0.39 is 0 Å². The molecule has 2 aromatic heterocycles. The molecule has 0 saturated heterocycles. The number of anilines is 1. The second-order valence-corrected chi connectivity index (χ2v) is 6.68. The molecule has 0 unspecified atom stereocenters. The van der Waals surface area contributed by atoms with Crippen LogP contribution in [-0.2, 0) is 12.8 Å². The van der Waals surface area contributed by atoms with Crippen molar-refractivity contribution in [3.8, 4) is 6.07 Å². The van der Waals surface area contributed by atoms with Crippen molar-refractivity contribution < 1.29 is 4.79 Å². The summed E-state index contributed by atoms with van der Waals surface area (Å²) >= 11 is 1.28. The van der Waals surface area contributed by atoms with Crippen molar-refractivity contribution in [2.45, 2.75) is 26.7 Å². The fourth-order valence-corrected chi connectivity index (χ4v) is 3.67. The molecule has 3 aromatic rings. The smallest absolute Gasteiger partial charge is 0.258 e. The van der Waals surface area contributed by atoms with Crippen molar-refractivity contribution in [1.29, 1.82) is 5.26 Å². The Kier molecular flexibility index (Phi) is 5.40. The lowest BCUT2D eigenvalue weighted by Crippen LogP contribution is -2.15. The van der Waals surface area contributed by atoms with Gasteiger partial charge in [0.2, 0.25) is 0 Å². The molecule has 1 aromatic carbocycles. The summed E-state index contributed by atoms with van der Waals surface area (Å²) in [5, 5.41) is 12.3. The van der Waals surface area contributed by atoms with Crippen molar-refractivity contribution in [3.63, 3.8) is 0 Å². The van der Waals surface area contributed by atoms with Crippen LogP contribution in [0.25, 0.3) is 0 Å². The average Bonchev–Trinajstić information content (AvgIpc) is 3.03. The topological polar surface area (TPSA) is 78.7 Å². The number of nitrogens with one attached hydrogen (secondary N) is 1. The highest BCUT2D eigenvalue weighted by Gasteiger charge is 2.20. The summed E-state index contributed by atoms with van der Waals surface area (Å²) in [6.07, 6.45) is 2.90. The van der Waals surface area contributed by atoms with E-state index in [9.17, 15) is 10.1 Å². The minimum atomic E-state index is -0.179. The third-order valence-corrected chi connectivity index (χ3v) is 5.08. The number of carbonyl (C=O) groups excluding carboxylic acids is 1. The van der Waals surface area contributed by atoms with Crippen LogP contribution in [0.3, 0.4) is 0 Å². The van der Waals surface area contributed by atoms with Gasteiger partial charge in [-0.05, 0) is 48.6 Å². The van der Waals surface area contributed by atoms with Gasteiger partial charge in [-0.15, -0.1) is 0 Å². The molecule has 130 valence electrons. The van der Waals surface area contributed by atoms with Gasteiger partial charge in [-0.25, -0.2) is 0 Å². The van der Waals surface area contributed by atoms with Gasteiger partial charge in [-0.3, -0.25) is 9.78 Å². The quantitative estimate of drug-likeness (QED) is 0.740. The molecule has 0 aliphatic rings. The molecule has 0 fully saturated rings. The van der Waals surface area contributed by atoms with Crippen LogP contribution in [0.15, 0.2) is 42.6 Å². The molecule has 1 N–H and O–H groups in total. The first-order valence-electron chi connectivity index (χ1n) is 8.32. The maximum Gasteiger partial charge on any atom is 0.258 e. The highest BCUT2D eigenvalue weighted by molar-refractivity contribution is 7.06. The third-order valence-electron chi connectivity index (χ3n) is 4.15. The van der Waals surface area contributed by atoms with E-state index in [-0.39, 0.29) is 5.91 Å². The number of carbonyl (C=O) groups is 1. The minimum Gasteiger partial charge on any atom is -0.322 e. The van der Waals surface area contributed by atoms with Crippen LogP contribution in [-0.4, -0.2) is 15.3 Å². The molecule has 0 spiro atoms. The number of aryl methyl sites for hydroxylation is 2. The summed E-state index contributed by atoms with van der Waals surface area (Å²) in [5.74, 6) is -0.179. The predicted molar refractivity (Wildman–Crippen MR) is 102 cm³/mol. The van der Waals surface area contributed by atoms with Gasteiger partial charge in [-0.1, -0.05) is 25.1 Å². The number of nitriles is 1. The molecule has 0 radical (unpaired) electrons. The van der Waals surface area contributed by atoms with Gasteiger partial charge >= 0.3 is 0 Å². The number of rotatable bonds is 5. The lowest BCUT2D eigenvalue weighted by atomic mass is 10.1. The summed E-state index contributed by atoms with van der Waals surface area (Å²) in [7, 11) is 0. The Balaban J connectivity index is 1.90. The van der Waals surface area contributed by atoms with Crippen LogP contribution in [0, 0.1) is 18.3 Å². The molecule has 1 amide bonds. The second-order valence-electron chi connectivity index (χ2n) is 5.82. The standard InChI is InChI=1S/C20H18N4OS/c1-3-14-7-4-5-9-16(14)23-20(25)19-13(2)24-26-18(19)11-17-15(12-21)8-6-10-22-17/h4-10H,3,11H2,1-2H3,(H,23,25). The van der Waals surface area contributed by atoms with E-state index in [1.54, 1.807) is 18.3 Å². The first kappa shape index (κ1) is 17.8. The van der Waals surface area contributed by atoms with Crippen LogP contribution in [0.4, 0.5) is 5.69 Å². The first-order chi connectivity index (χ1) is 12.6. The fraction of sp³-hybridized carbons (Fsp3) is 0.200. The Bertz CT molecular complexity index is 987. The first-order valence-corrected chi connectivity index (χ1v) is 9.09. The van der Waals surface area contributed by atoms with E-state index in [0.29, 0.717) is 28.9 Å². The van der Waals surface area contributed by atoms with Crippen LogP contribution in [0.1, 0.15) is 44.7 Å². The molecule has 6 heteroatoms. The number of benzene rings is 1. The van der Waals surface area contributed by atoms with E-state index >= 15 is 0 Å². The highest BCUT2D eigenvalue weighted by atomic mass is 32.1. The Morgan fingerprint density at radius 2 is 2.08 bits per heavy atom. The lowest BCUT2D eigenvalue weighted by molar-refractivity contribution is 0.102. The second kappa shape index (κ2) is 7.89. The molecule has 5 nitrogen and oxygen atoms in total. The van der Waals surface area contributed by atoms with Gasteiger partial charge in [-0.2, -0.15) is 9.64 Å². The average molecular weight is 362 g/mol. The maximum atomic E-state index is 12.9. The van der Waals surface area contributed by atoms with Crippen molar-refractivity contribution in [2.24, 2.45) is 0 Å². The Hall–Kier alpha value is -3.04. The van der Waals surface area contributed by atoms with Gasteiger partial charge in [0, 0.05) is 23.2 Å².